The molecular formula is C45H72O23. The lowest BCUT2D eigenvalue weighted by molar-refractivity contribution is -0.400. The number of carbonyl (C=O) groups excluding carboxylic acids is 1. The van der Waals surface area contributed by atoms with Crippen molar-refractivity contribution >= 4 is 5.97 Å². The maximum atomic E-state index is 14.3. The molecule has 0 amide bonds. The highest BCUT2D eigenvalue weighted by atomic mass is 16.8. The van der Waals surface area contributed by atoms with Crippen LogP contribution in [0, 0.1) is 28.1 Å². The number of hydrogen-bond acceptors (Lipinski definition) is 23. The molecule has 21 unspecified atom stereocenters. The molecule has 68 heavy (non-hydrogen) atoms. The van der Waals surface area contributed by atoms with Crippen LogP contribution < -0.4 is 0 Å². The smallest absolute Gasteiger partial charge is 0.314 e. The molecule has 4 heterocycles. The highest BCUT2D eigenvalue weighted by Gasteiger charge is 2.70. The molecule has 1 spiro atoms. The molecule has 0 aromatic carbocycles. The first-order valence-corrected chi connectivity index (χ1v) is 23.9. The minimum atomic E-state index is -1.95. The Bertz CT molecular complexity index is 1790. The molecule has 26 atom stereocenters. The summed E-state index contributed by atoms with van der Waals surface area (Å²) in [4.78, 5) is 14.3. The third-order valence-corrected chi connectivity index (χ3v) is 17.4. The molecule has 8 aliphatic rings. The highest BCUT2D eigenvalue weighted by molar-refractivity contribution is 5.77. The van der Waals surface area contributed by atoms with Crippen LogP contribution in [0.2, 0.25) is 0 Å². The minimum Gasteiger partial charge on any atom is -0.432 e. The Morgan fingerprint density at radius 3 is 1.57 bits per heavy atom. The Morgan fingerprint density at radius 2 is 1.04 bits per heavy atom. The molecule has 4 aliphatic heterocycles. The van der Waals surface area contributed by atoms with E-state index in [4.69, 9.17) is 37.9 Å². The number of esters is 1. The Labute approximate surface area is 392 Å². The van der Waals surface area contributed by atoms with Gasteiger partial charge in [0.2, 0.25) is 6.29 Å². The topological polar surface area (TPSA) is 374 Å². The molecule has 390 valence electrons. The number of rotatable bonds is 12. The fraction of sp³-hybridized carbons (Fsp3) is 0.933. The van der Waals surface area contributed by atoms with Gasteiger partial charge >= 0.3 is 5.97 Å². The van der Waals surface area contributed by atoms with Crippen LogP contribution in [0.3, 0.4) is 0 Å². The van der Waals surface area contributed by atoms with Crippen molar-refractivity contribution < 1.29 is 114 Å². The average Bonchev–Trinajstić information content (AvgIpc) is 3.55. The summed E-state index contributed by atoms with van der Waals surface area (Å²) < 4.78 is 48.5. The predicted molar refractivity (Wildman–Crippen MR) is 224 cm³/mol. The van der Waals surface area contributed by atoms with Crippen molar-refractivity contribution in [2.45, 2.75) is 207 Å². The summed E-state index contributed by atoms with van der Waals surface area (Å²) in [6.45, 7) is 2.84. The number of hydrogen-bond donors (Lipinski definition) is 14. The molecule has 4 saturated carbocycles. The molecule has 23 heteroatoms. The summed E-state index contributed by atoms with van der Waals surface area (Å²) in [5, 5.41) is 148. The lowest BCUT2D eigenvalue weighted by atomic mass is 9.41. The van der Waals surface area contributed by atoms with Crippen LogP contribution in [0.4, 0.5) is 0 Å². The van der Waals surface area contributed by atoms with Gasteiger partial charge in [0.1, 0.15) is 97.7 Å². The fourth-order valence-electron chi connectivity index (χ4n) is 13.8. The molecule has 4 aliphatic carbocycles. The molecule has 0 aromatic rings. The molecule has 8 rings (SSSR count). The van der Waals surface area contributed by atoms with Crippen molar-refractivity contribution in [3.63, 3.8) is 0 Å². The number of ether oxygens (including phenoxy) is 8. The normalized spacial score (nSPS) is 54.5. The third kappa shape index (κ3) is 8.70. The van der Waals surface area contributed by atoms with Crippen LogP contribution in [0.5, 0.6) is 0 Å². The molecule has 0 aromatic heterocycles. The van der Waals surface area contributed by atoms with Crippen molar-refractivity contribution in [1.82, 2.24) is 0 Å². The highest BCUT2D eigenvalue weighted by Crippen LogP contribution is 2.74. The van der Waals surface area contributed by atoms with Gasteiger partial charge in [0.15, 0.2) is 18.9 Å². The fourth-order valence-corrected chi connectivity index (χ4v) is 13.8. The number of carbonyl (C=O) groups is 1. The molecule has 2 bridgehead atoms. The first-order chi connectivity index (χ1) is 32.2. The van der Waals surface area contributed by atoms with E-state index >= 15 is 0 Å². The molecule has 23 nitrogen and oxygen atoms in total. The number of allylic oxidation sites excluding steroid dienone is 1. The van der Waals surface area contributed by atoms with E-state index in [9.17, 15) is 76.3 Å². The number of fused-ring (bicyclic) bond motifs is 3. The van der Waals surface area contributed by atoms with E-state index in [0.717, 1.165) is 12.0 Å². The zero-order valence-electron chi connectivity index (χ0n) is 38.4. The van der Waals surface area contributed by atoms with Crippen LogP contribution >= 0.6 is 0 Å². The lowest BCUT2D eigenvalue weighted by Gasteiger charge is -2.64. The molecule has 14 N–H and O–H groups in total. The number of aliphatic hydroxyl groups is 14. The third-order valence-electron chi connectivity index (χ3n) is 17.4. The van der Waals surface area contributed by atoms with Gasteiger partial charge in [0, 0.05) is 0 Å². The van der Waals surface area contributed by atoms with Crippen LogP contribution in [0.25, 0.3) is 0 Å². The van der Waals surface area contributed by atoms with Crippen molar-refractivity contribution in [3.8, 4) is 0 Å². The minimum absolute atomic E-state index is 0.0466. The summed E-state index contributed by atoms with van der Waals surface area (Å²) in [6.07, 6.45) is -26.8. The van der Waals surface area contributed by atoms with E-state index in [1.807, 2.05) is 19.9 Å². The molecule has 4 saturated heterocycles. The summed E-state index contributed by atoms with van der Waals surface area (Å²) in [6, 6.07) is 0. The van der Waals surface area contributed by atoms with E-state index in [-0.39, 0.29) is 17.3 Å². The Balaban J connectivity index is 1.08. The largest absolute Gasteiger partial charge is 0.432 e. The van der Waals surface area contributed by atoms with Gasteiger partial charge in [0.25, 0.3) is 0 Å². The first kappa shape index (κ1) is 52.7. The maximum absolute atomic E-state index is 14.3. The zero-order chi connectivity index (χ0) is 49.4. The average molecular weight is 981 g/mol. The standard InChI is InChI=1S/C45H72O23/c1-4-18-12-44-10-6-23-42(2,8-5-9-43(23,3)41(60)67-39-34(59)31(56)27(52)21(15-48)63-39)24(44)7-11-45(18,17-44)68-40-36(66-38-33(58)30(55)26(51)20(14-47)62-38)35(28(53)22(16-49)64-40)65-37-32(57)29(54)25(50)19(13-46)61-37/h4,19-40,46-59H,5-17H2,1-3H3/b18-4+/t19?,20?,21?,22?,23?,24-,25?,26?,27?,28?,29?,30?,31?,32?,33?,34?,35?,36?,37?,38?,39?,40?,42+,43+,44+,45-/m0/s1. The van der Waals surface area contributed by atoms with E-state index in [1.165, 1.54) is 0 Å². The van der Waals surface area contributed by atoms with Crippen LogP contribution in [-0.2, 0) is 42.7 Å². The Hall–Kier alpha value is -1.63. The first-order valence-electron chi connectivity index (χ1n) is 23.9. The van der Waals surface area contributed by atoms with E-state index in [2.05, 4.69) is 6.92 Å². The SMILES string of the molecule is C/C=C1\C[C@@]23CCC4[C@](C)(C(=O)OC5OC(CO)C(O)C(O)C5O)CCC[C@@]4(C)[C@@H]2CC[C@]1(OC1OC(CO)C(O)C(OC2OC(CO)C(O)C(O)C2O)C1OC1OC(CO)C(O)C(O)C1O)C3. The quantitative estimate of drug-likeness (QED) is 0.0496. The Kier molecular flexibility index (Phi) is 15.5. The Morgan fingerprint density at radius 1 is 0.574 bits per heavy atom. The molecule has 8 fully saturated rings. The van der Waals surface area contributed by atoms with Gasteiger partial charge in [0.05, 0.1) is 37.4 Å². The van der Waals surface area contributed by atoms with Crippen LogP contribution in [-0.4, -0.2) is 232 Å². The van der Waals surface area contributed by atoms with Crippen molar-refractivity contribution in [2.75, 3.05) is 26.4 Å². The number of aliphatic hydroxyl groups excluding tert-OH is 14. The van der Waals surface area contributed by atoms with Gasteiger partial charge in [-0.1, -0.05) is 19.4 Å². The van der Waals surface area contributed by atoms with Crippen molar-refractivity contribution in [2.24, 2.45) is 28.1 Å². The second-order valence-corrected chi connectivity index (χ2v) is 21.0. The van der Waals surface area contributed by atoms with E-state index in [1.54, 1.807) is 0 Å². The zero-order valence-corrected chi connectivity index (χ0v) is 38.4. The van der Waals surface area contributed by atoms with Gasteiger partial charge in [-0.25, -0.2) is 0 Å². The van der Waals surface area contributed by atoms with Crippen LogP contribution in [0.15, 0.2) is 11.6 Å². The van der Waals surface area contributed by atoms with E-state index < -0.39 is 172 Å². The van der Waals surface area contributed by atoms with Crippen LogP contribution in [0.1, 0.15) is 78.6 Å². The molecule has 0 radical (unpaired) electrons. The summed E-state index contributed by atoms with van der Waals surface area (Å²) in [5.41, 5.74) is -2.00. The van der Waals surface area contributed by atoms with Gasteiger partial charge in [-0.15, -0.1) is 0 Å². The van der Waals surface area contributed by atoms with Crippen molar-refractivity contribution in [3.05, 3.63) is 11.6 Å². The van der Waals surface area contributed by atoms with Gasteiger partial charge in [-0.2, -0.15) is 0 Å². The second-order valence-electron chi connectivity index (χ2n) is 21.0. The lowest BCUT2D eigenvalue weighted by Crippen LogP contribution is -2.68. The van der Waals surface area contributed by atoms with Crippen molar-refractivity contribution in [1.29, 1.82) is 0 Å². The molecular weight excluding hydrogens is 908 g/mol. The van der Waals surface area contributed by atoms with E-state index in [0.29, 0.717) is 51.4 Å². The van der Waals surface area contributed by atoms with Gasteiger partial charge < -0.3 is 109 Å². The summed E-state index contributed by atoms with van der Waals surface area (Å²) >= 11 is 0. The monoisotopic (exact) mass is 980 g/mol. The van der Waals surface area contributed by atoms with Gasteiger partial charge in [-0.3, -0.25) is 4.79 Å². The maximum Gasteiger partial charge on any atom is 0.314 e. The second kappa shape index (κ2) is 20.0. The summed E-state index contributed by atoms with van der Waals surface area (Å²) in [5.74, 6) is -0.765. The summed E-state index contributed by atoms with van der Waals surface area (Å²) in [7, 11) is 0. The van der Waals surface area contributed by atoms with Gasteiger partial charge in [-0.05, 0) is 93.5 Å². The predicted octanol–water partition coefficient (Wildman–Crippen LogP) is -4.72.